The summed E-state index contributed by atoms with van der Waals surface area (Å²) in [6.45, 7) is 5.02. The number of rotatable bonds is 5. The minimum Gasteiger partial charge on any atom is -0.301 e. The Balaban J connectivity index is 3.53. The molecule has 0 aliphatic heterocycles. The molecule has 66 valence electrons. The molecule has 0 heterocycles. The third kappa shape index (κ3) is 7.71. The summed E-state index contributed by atoms with van der Waals surface area (Å²) in [6.07, 6.45) is 1.63. The van der Waals surface area contributed by atoms with Crippen LogP contribution in [0.2, 0.25) is 0 Å². The van der Waals surface area contributed by atoms with Gasteiger partial charge in [0, 0.05) is 0 Å². The van der Waals surface area contributed by atoms with Crippen molar-refractivity contribution >= 4 is 7.82 Å². The van der Waals surface area contributed by atoms with Gasteiger partial charge in [0.1, 0.15) is 0 Å². The van der Waals surface area contributed by atoms with Crippen molar-refractivity contribution in [3.63, 3.8) is 0 Å². The van der Waals surface area contributed by atoms with Crippen molar-refractivity contribution in [1.29, 1.82) is 0 Å². The zero-order valence-electron chi connectivity index (χ0n) is 6.14. The topological polar surface area (TPSA) is 76.0 Å². The first-order valence-electron chi connectivity index (χ1n) is 2.97. The minimum absolute atomic E-state index is 0.403. The largest absolute Gasteiger partial charge is 0.496 e. The van der Waals surface area contributed by atoms with Crippen molar-refractivity contribution in [2.75, 3.05) is 0 Å². The predicted molar refractivity (Wildman–Crippen MR) is 38.5 cm³/mol. The van der Waals surface area contributed by atoms with E-state index in [0.717, 1.165) is 0 Å². The Labute approximate surface area is 64.8 Å². The highest BCUT2D eigenvalue weighted by Crippen LogP contribution is 2.36. The smallest absolute Gasteiger partial charge is 0.301 e. The van der Waals surface area contributed by atoms with Crippen molar-refractivity contribution in [1.82, 2.24) is 0 Å². The molecule has 0 aromatic rings. The summed E-state index contributed by atoms with van der Waals surface area (Å²) in [6, 6.07) is 0. The van der Waals surface area contributed by atoms with Gasteiger partial charge in [-0.25, -0.2) is 9.45 Å². The lowest BCUT2D eigenvalue weighted by atomic mass is 10.3. The molecule has 0 aromatic heterocycles. The van der Waals surface area contributed by atoms with Crippen LogP contribution in [-0.4, -0.2) is 15.9 Å². The monoisotopic (exact) mass is 182 g/mol. The van der Waals surface area contributed by atoms with Crippen LogP contribution in [0.25, 0.3) is 0 Å². The average Bonchev–Trinajstić information content (AvgIpc) is 1.83. The third-order valence-electron chi connectivity index (χ3n) is 0.803. The highest BCUT2D eigenvalue weighted by atomic mass is 31.2. The Kier molecular flexibility index (Phi) is 4.56. The Hall–Kier alpha value is -0.190. The first kappa shape index (κ1) is 10.8. The van der Waals surface area contributed by atoms with Gasteiger partial charge in [0.2, 0.25) is 0 Å². The molecule has 5 nitrogen and oxygen atoms in total. The molecule has 0 saturated heterocycles. The van der Waals surface area contributed by atoms with Gasteiger partial charge in [-0.3, -0.25) is 0 Å². The molecule has 1 atom stereocenters. The van der Waals surface area contributed by atoms with E-state index in [0.29, 0.717) is 6.42 Å². The molecule has 0 fully saturated rings. The maximum atomic E-state index is 10.1. The zero-order valence-corrected chi connectivity index (χ0v) is 7.03. The van der Waals surface area contributed by atoms with Gasteiger partial charge in [-0.05, 0) is 13.3 Å². The summed E-state index contributed by atoms with van der Waals surface area (Å²) >= 11 is 0. The Bertz CT molecular complexity index is 162. The van der Waals surface area contributed by atoms with E-state index in [2.05, 4.69) is 16.1 Å². The number of hydrogen-bond donors (Lipinski definition) is 2. The van der Waals surface area contributed by atoms with Gasteiger partial charge >= 0.3 is 7.82 Å². The van der Waals surface area contributed by atoms with Gasteiger partial charge in [-0.1, -0.05) is 6.08 Å². The van der Waals surface area contributed by atoms with Crippen molar-refractivity contribution in [2.45, 2.75) is 19.4 Å². The van der Waals surface area contributed by atoms with E-state index in [4.69, 9.17) is 9.79 Å². The van der Waals surface area contributed by atoms with Crippen LogP contribution in [0.3, 0.4) is 0 Å². The Morgan fingerprint density at radius 1 is 1.73 bits per heavy atom. The van der Waals surface area contributed by atoms with Crippen molar-refractivity contribution < 1.29 is 23.9 Å². The Morgan fingerprint density at radius 2 is 2.27 bits per heavy atom. The maximum absolute atomic E-state index is 10.1. The second-order valence-corrected chi connectivity index (χ2v) is 3.13. The number of phosphoric acid groups is 1. The molecule has 0 aromatic carbocycles. The highest BCUT2D eigenvalue weighted by molar-refractivity contribution is 7.46. The van der Waals surface area contributed by atoms with E-state index in [1.807, 2.05) is 0 Å². The number of hydrogen-bond acceptors (Lipinski definition) is 3. The summed E-state index contributed by atoms with van der Waals surface area (Å²) in [4.78, 5) is 20.7. The van der Waals surface area contributed by atoms with E-state index >= 15 is 0 Å². The second-order valence-electron chi connectivity index (χ2n) is 2.00. The van der Waals surface area contributed by atoms with E-state index in [9.17, 15) is 4.57 Å². The Morgan fingerprint density at radius 3 is 2.64 bits per heavy atom. The van der Waals surface area contributed by atoms with E-state index in [1.54, 1.807) is 13.0 Å². The van der Waals surface area contributed by atoms with Crippen LogP contribution in [0.1, 0.15) is 13.3 Å². The molecular weight excluding hydrogens is 171 g/mol. The van der Waals surface area contributed by atoms with Gasteiger partial charge in [-0.2, -0.15) is 0 Å². The van der Waals surface area contributed by atoms with Gasteiger partial charge in [0.25, 0.3) is 0 Å². The average molecular weight is 182 g/mol. The summed E-state index contributed by atoms with van der Waals surface area (Å²) in [7, 11) is -4.50. The third-order valence-corrected chi connectivity index (χ3v) is 1.08. The molecule has 0 aliphatic carbocycles. The fourth-order valence-electron chi connectivity index (χ4n) is 0.404. The van der Waals surface area contributed by atoms with Gasteiger partial charge in [0.05, 0.1) is 6.10 Å². The lowest BCUT2D eigenvalue weighted by Crippen LogP contribution is -2.06. The minimum atomic E-state index is -4.50. The van der Waals surface area contributed by atoms with Crippen molar-refractivity contribution in [2.24, 2.45) is 0 Å². The molecule has 0 rings (SSSR count). The quantitative estimate of drug-likeness (QED) is 0.287. The normalized spacial score (nSPS) is 14.5. The van der Waals surface area contributed by atoms with Crippen LogP contribution in [0, 0.1) is 0 Å². The fraction of sp³-hybridized carbons (Fsp3) is 0.600. The lowest BCUT2D eigenvalue weighted by molar-refractivity contribution is -0.252. The lowest BCUT2D eigenvalue weighted by Gasteiger charge is -2.08. The molecule has 0 amide bonds. The molecule has 0 radical (unpaired) electrons. The van der Waals surface area contributed by atoms with Crippen molar-refractivity contribution in [3.8, 4) is 0 Å². The molecule has 0 spiro atoms. The van der Waals surface area contributed by atoms with E-state index in [-0.39, 0.29) is 0 Å². The summed E-state index contributed by atoms with van der Waals surface area (Å²) in [5.74, 6) is 0. The van der Waals surface area contributed by atoms with E-state index in [1.165, 1.54) is 0 Å². The first-order valence-corrected chi connectivity index (χ1v) is 4.50. The van der Waals surface area contributed by atoms with Gasteiger partial charge < -0.3 is 9.79 Å². The van der Waals surface area contributed by atoms with Crippen LogP contribution >= 0.6 is 7.82 Å². The second kappa shape index (κ2) is 4.64. The van der Waals surface area contributed by atoms with Gasteiger partial charge in [0.15, 0.2) is 0 Å². The van der Waals surface area contributed by atoms with Crippen molar-refractivity contribution in [3.05, 3.63) is 12.7 Å². The van der Waals surface area contributed by atoms with Crippen LogP contribution in [-0.2, 0) is 14.1 Å². The fourth-order valence-corrected chi connectivity index (χ4v) is 0.663. The van der Waals surface area contributed by atoms with Gasteiger partial charge in [-0.15, -0.1) is 11.3 Å². The SMILES string of the molecule is C=CCC(C)OOP(=O)(O)O. The molecule has 0 bridgehead atoms. The van der Waals surface area contributed by atoms with Crippen LogP contribution in [0.4, 0.5) is 0 Å². The summed E-state index contributed by atoms with van der Waals surface area (Å²) in [5.41, 5.74) is 0. The molecule has 11 heavy (non-hydrogen) atoms. The highest BCUT2D eigenvalue weighted by Gasteiger charge is 2.16. The van der Waals surface area contributed by atoms with Crippen LogP contribution in [0.15, 0.2) is 12.7 Å². The molecular formula is C5H11O5P. The molecule has 1 unspecified atom stereocenters. The molecule has 0 saturated carbocycles. The molecule has 0 aliphatic rings. The summed E-state index contributed by atoms with van der Waals surface area (Å²) < 4.78 is 13.8. The molecule has 6 heteroatoms. The molecule has 2 N–H and O–H groups in total. The van der Waals surface area contributed by atoms with Crippen LogP contribution in [0.5, 0.6) is 0 Å². The summed E-state index contributed by atoms with van der Waals surface area (Å²) in [5, 5.41) is 0. The standard InChI is InChI=1S/C5H11O5P/c1-3-4-5(2)9-10-11(6,7)8/h3,5H,1,4H2,2H3,(H2,6,7,8). The predicted octanol–water partition coefficient (Wildman–Crippen LogP) is 0.992. The van der Waals surface area contributed by atoms with E-state index < -0.39 is 13.9 Å². The zero-order chi connectivity index (χ0) is 8.91. The first-order chi connectivity index (χ1) is 4.95. The maximum Gasteiger partial charge on any atom is 0.496 e. The van der Waals surface area contributed by atoms with Crippen LogP contribution < -0.4 is 0 Å².